The van der Waals surface area contributed by atoms with E-state index in [9.17, 15) is 0 Å². The summed E-state index contributed by atoms with van der Waals surface area (Å²) in [7, 11) is 0. The van der Waals surface area contributed by atoms with E-state index < -0.39 is 0 Å². The Bertz CT molecular complexity index is 480. The number of phenols is 1. The lowest BCUT2D eigenvalue weighted by Crippen LogP contribution is -2.13. The Hall–Kier alpha value is -1.92. The van der Waals surface area contributed by atoms with E-state index in [4.69, 9.17) is 21.0 Å². The van der Waals surface area contributed by atoms with Crippen molar-refractivity contribution in [2.75, 3.05) is 0 Å². The van der Waals surface area contributed by atoms with Gasteiger partial charge in [-0.25, -0.2) is 0 Å². The van der Waals surface area contributed by atoms with Gasteiger partial charge in [0.05, 0.1) is 12.6 Å². The minimum atomic E-state index is -0.368. The van der Waals surface area contributed by atoms with Crippen LogP contribution < -0.4 is 11.5 Å². The fourth-order valence-corrected chi connectivity index (χ4v) is 1.47. The highest BCUT2D eigenvalue weighted by Crippen LogP contribution is 2.17. The van der Waals surface area contributed by atoms with Crippen molar-refractivity contribution in [1.29, 1.82) is 0 Å². The first kappa shape index (κ1) is 11.6. The fraction of sp³-hybridized carbons (Fsp3) is 0.273. The maximum absolute atomic E-state index is 9.16. The van der Waals surface area contributed by atoms with Crippen molar-refractivity contribution >= 4 is 0 Å². The molecule has 0 bridgehead atoms. The number of phenolic OH excluding ortho intramolecular Hbond substituents is 1. The smallest absolute Gasteiger partial charge is 0.233 e. The first-order valence-electron chi connectivity index (χ1n) is 5.25. The van der Waals surface area contributed by atoms with Crippen LogP contribution in [-0.2, 0) is 13.0 Å². The number of rotatable bonds is 4. The quantitative estimate of drug-likeness (QED) is 0.709. The summed E-state index contributed by atoms with van der Waals surface area (Å²) in [4.78, 5) is 0. The zero-order chi connectivity index (χ0) is 12.3. The molecule has 2 aromatic rings. The van der Waals surface area contributed by atoms with Crippen molar-refractivity contribution in [3.63, 3.8) is 0 Å². The van der Waals surface area contributed by atoms with E-state index in [2.05, 4.69) is 10.2 Å². The lowest BCUT2D eigenvalue weighted by molar-refractivity contribution is 0.417. The normalized spacial score (nSPS) is 12.6. The Morgan fingerprint density at radius 3 is 2.53 bits per heavy atom. The standard InChI is InChI=1S/C11H14N4O2/c12-6-10-14-15-11(17-10)9(13)5-7-1-3-8(16)4-2-7/h1-4,9,16H,5-6,12-13H2/t9-/m0/s1. The Morgan fingerprint density at radius 1 is 1.24 bits per heavy atom. The van der Waals surface area contributed by atoms with Crippen LogP contribution in [0.3, 0.4) is 0 Å². The van der Waals surface area contributed by atoms with Crippen molar-refractivity contribution in [3.8, 4) is 5.75 Å². The molecular weight excluding hydrogens is 220 g/mol. The number of aromatic nitrogens is 2. The van der Waals surface area contributed by atoms with Gasteiger partial charge in [-0.2, -0.15) is 0 Å². The summed E-state index contributed by atoms with van der Waals surface area (Å²) >= 11 is 0. The molecule has 0 unspecified atom stereocenters. The summed E-state index contributed by atoms with van der Waals surface area (Å²) in [6.45, 7) is 0.207. The number of nitrogens with zero attached hydrogens (tertiary/aromatic N) is 2. The van der Waals surface area contributed by atoms with Crippen molar-refractivity contribution in [2.45, 2.75) is 19.0 Å². The second kappa shape index (κ2) is 4.94. The molecule has 1 heterocycles. The molecule has 0 aliphatic carbocycles. The van der Waals surface area contributed by atoms with Gasteiger partial charge in [0, 0.05) is 0 Å². The van der Waals surface area contributed by atoms with E-state index in [1.54, 1.807) is 24.3 Å². The van der Waals surface area contributed by atoms with Gasteiger partial charge >= 0.3 is 0 Å². The summed E-state index contributed by atoms with van der Waals surface area (Å²) in [5, 5.41) is 16.7. The van der Waals surface area contributed by atoms with Gasteiger partial charge < -0.3 is 21.0 Å². The Morgan fingerprint density at radius 2 is 1.94 bits per heavy atom. The highest BCUT2D eigenvalue weighted by atomic mass is 16.4. The average molecular weight is 234 g/mol. The number of hydrogen-bond acceptors (Lipinski definition) is 6. The molecule has 1 aromatic carbocycles. The van der Waals surface area contributed by atoms with Gasteiger partial charge in [0.15, 0.2) is 0 Å². The third-order valence-electron chi connectivity index (χ3n) is 2.37. The van der Waals surface area contributed by atoms with Gasteiger partial charge in [0.1, 0.15) is 5.75 Å². The van der Waals surface area contributed by atoms with Gasteiger partial charge in [-0.3, -0.25) is 0 Å². The molecule has 17 heavy (non-hydrogen) atoms. The van der Waals surface area contributed by atoms with E-state index in [1.165, 1.54) is 0 Å². The zero-order valence-electron chi connectivity index (χ0n) is 9.21. The van der Waals surface area contributed by atoms with Crippen LogP contribution in [0.5, 0.6) is 5.75 Å². The molecule has 1 aromatic heterocycles. The largest absolute Gasteiger partial charge is 0.508 e. The molecule has 0 aliphatic rings. The first-order valence-corrected chi connectivity index (χ1v) is 5.25. The minimum absolute atomic E-state index is 0.207. The van der Waals surface area contributed by atoms with Gasteiger partial charge in [0.2, 0.25) is 11.8 Å². The molecule has 0 saturated carbocycles. The lowest BCUT2D eigenvalue weighted by atomic mass is 10.1. The van der Waals surface area contributed by atoms with E-state index in [0.29, 0.717) is 18.2 Å². The molecule has 0 radical (unpaired) electrons. The van der Waals surface area contributed by atoms with Gasteiger partial charge in [-0.1, -0.05) is 12.1 Å². The molecule has 5 N–H and O–H groups in total. The molecule has 6 heteroatoms. The van der Waals surface area contributed by atoms with Crippen LogP contribution in [0.1, 0.15) is 23.4 Å². The Labute approximate surface area is 98.3 Å². The van der Waals surface area contributed by atoms with Crippen molar-refractivity contribution in [2.24, 2.45) is 11.5 Å². The predicted molar refractivity (Wildman–Crippen MR) is 60.9 cm³/mol. The first-order chi connectivity index (χ1) is 8.19. The Balaban J connectivity index is 2.05. The number of benzene rings is 1. The van der Waals surface area contributed by atoms with Gasteiger partial charge in [-0.15, -0.1) is 10.2 Å². The fourth-order valence-electron chi connectivity index (χ4n) is 1.47. The van der Waals surface area contributed by atoms with E-state index in [0.717, 1.165) is 5.56 Å². The second-order valence-corrected chi connectivity index (χ2v) is 3.72. The van der Waals surface area contributed by atoms with E-state index in [-0.39, 0.29) is 18.3 Å². The van der Waals surface area contributed by atoms with Crippen LogP contribution in [0.25, 0.3) is 0 Å². The maximum Gasteiger partial charge on any atom is 0.233 e. The monoisotopic (exact) mass is 234 g/mol. The molecule has 0 saturated heterocycles. The van der Waals surface area contributed by atoms with Gasteiger partial charge in [-0.05, 0) is 24.1 Å². The average Bonchev–Trinajstić information content (AvgIpc) is 2.81. The van der Waals surface area contributed by atoms with Crippen LogP contribution in [0, 0.1) is 0 Å². The molecule has 0 fully saturated rings. The SMILES string of the molecule is NCc1nnc([C@@H](N)Cc2ccc(O)cc2)o1. The summed E-state index contributed by atoms with van der Waals surface area (Å²) in [5.41, 5.74) is 12.3. The Kier molecular flexibility index (Phi) is 3.36. The van der Waals surface area contributed by atoms with Crippen LogP contribution in [0.2, 0.25) is 0 Å². The number of hydrogen-bond donors (Lipinski definition) is 3. The molecular formula is C11H14N4O2. The molecule has 1 atom stereocenters. The summed E-state index contributed by atoms with van der Waals surface area (Å²) in [6, 6.07) is 6.46. The van der Waals surface area contributed by atoms with E-state index >= 15 is 0 Å². The third-order valence-corrected chi connectivity index (χ3v) is 2.37. The van der Waals surface area contributed by atoms with Gasteiger partial charge in [0.25, 0.3) is 0 Å². The topological polar surface area (TPSA) is 111 Å². The lowest BCUT2D eigenvalue weighted by Gasteiger charge is -2.06. The maximum atomic E-state index is 9.16. The third kappa shape index (κ3) is 2.80. The number of aromatic hydroxyl groups is 1. The second-order valence-electron chi connectivity index (χ2n) is 3.72. The van der Waals surface area contributed by atoms with Crippen LogP contribution >= 0.6 is 0 Å². The van der Waals surface area contributed by atoms with Crippen molar-refractivity contribution in [3.05, 3.63) is 41.6 Å². The summed E-state index contributed by atoms with van der Waals surface area (Å²) < 4.78 is 5.27. The highest BCUT2D eigenvalue weighted by Gasteiger charge is 2.14. The van der Waals surface area contributed by atoms with Crippen LogP contribution in [0.15, 0.2) is 28.7 Å². The summed E-state index contributed by atoms with van der Waals surface area (Å²) in [6.07, 6.45) is 0.562. The van der Waals surface area contributed by atoms with Crippen LogP contribution in [-0.4, -0.2) is 15.3 Å². The molecule has 0 aliphatic heterocycles. The van der Waals surface area contributed by atoms with Crippen molar-refractivity contribution in [1.82, 2.24) is 10.2 Å². The molecule has 0 spiro atoms. The number of nitrogens with two attached hydrogens (primary N) is 2. The predicted octanol–water partition coefficient (Wildman–Crippen LogP) is 0.476. The molecule has 2 rings (SSSR count). The van der Waals surface area contributed by atoms with Crippen molar-refractivity contribution < 1.29 is 9.52 Å². The molecule has 6 nitrogen and oxygen atoms in total. The zero-order valence-corrected chi connectivity index (χ0v) is 9.21. The highest BCUT2D eigenvalue weighted by molar-refractivity contribution is 5.26. The minimum Gasteiger partial charge on any atom is -0.508 e. The molecule has 90 valence electrons. The molecule has 0 amide bonds. The summed E-state index contributed by atoms with van der Waals surface area (Å²) in [5.74, 6) is 0.977. The van der Waals surface area contributed by atoms with Crippen LogP contribution in [0.4, 0.5) is 0 Å². The van der Waals surface area contributed by atoms with E-state index in [1.807, 2.05) is 0 Å².